The minimum atomic E-state index is -0.389. The standard InChI is InChI=1S/C27H30N6O4/c1-5-29-27(36)33(17-20-8-6-18(2)7-9-20)26(31-19(3)34)32-21-10-12-22(13-11-21)37-23-14-15-30-24(16-23)25(35)28-4/h6-16H,5,17H2,1-4H3,(H,28,35)(H,29,36)(H,31,32,34). The third-order valence-corrected chi connectivity index (χ3v) is 5.08. The number of nitrogens with zero attached hydrogens (tertiary/aromatic N) is 3. The first kappa shape index (κ1) is 26.9. The number of guanidine groups is 1. The number of carbonyl (C=O) groups is 3. The predicted octanol–water partition coefficient (Wildman–Crippen LogP) is 3.90. The molecule has 1 heterocycles. The summed E-state index contributed by atoms with van der Waals surface area (Å²) < 4.78 is 5.83. The van der Waals surface area contributed by atoms with Crippen molar-refractivity contribution >= 4 is 29.5 Å². The Balaban J connectivity index is 1.87. The van der Waals surface area contributed by atoms with E-state index in [1.165, 1.54) is 31.1 Å². The second-order valence-corrected chi connectivity index (χ2v) is 8.08. The summed E-state index contributed by atoms with van der Waals surface area (Å²) in [6.07, 6.45) is 1.49. The lowest BCUT2D eigenvalue weighted by molar-refractivity contribution is -0.117. The summed E-state index contributed by atoms with van der Waals surface area (Å²) in [5.41, 5.74) is 2.71. The molecule has 3 rings (SSSR count). The fourth-order valence-electron chi connectivity index (χ4n) is 3.25. The molecule has 0 bridgehead atoms. The van der Waals surface area contributed by atoms with Crippen molar-refractivity contribution in [1.29, 1.82) is 0 Å². The largest absolute Gasteiger partial charge is 0.457 e. The van der Waals surface area contributed by atoms with Gasteiger partial charge in [0.2, 0.25) is 11.9 Å². The van der Waals surface area contributed by atoms with E-state index in [0.717, 1.165) is 11.1 Å². The van der Waals surface area contributed by atoms with Crippen LogP contribution in [-0.4, -0.2) is 47.3 Å². The Kier molecular flexibility index (Phi) is 9.31. The maximum atomic E-state index is 12.9. The van der Waals surface area contributed by atoms with Crippen molar-refractivity contribution in [2.75, 3.05) is 13.6 Å². The third-order valence-electron chi connectivity index (χ3n) is 5.08. The summed E-state index contributed by atoms with van der Waals surface area (Å²) in [5.74, 6) is 0.375. The number of ether oxygens (including phenoxy) is 1. The number of pyridine rings is 1. The van der Waals surface area contributed by atoms with Crippen LogP contribution in [0.2, 0.25) is 0 Å². The molecule has 0 fully saturated rings. The molecule has 0 unspecified atom stereocenters. The van der Waals surface area contributed by atoms with E-state index in [1.807, 2.05) is 38.1 Å². The zero-order valence-corrected chi connectivity index (χ0v) is 21.2. The molecule has 0 aliphatic heterocycles. The van der Waals surface area contributed by atoms with Crippen molar-refractivity contribution in [3.05, 3.63) is 83.7 Å². The van der Waals surface area contributed by atoms with Crippen molar-refractivity contribution in [2.45, 2.75) is 27.3 Å². The van der Waals surface area contributed by atoms with Crippen LogP contribution in [-0.2, 0) is 11.3 Å². The molecule has 192 valence electrons. The predicted molar refractivity (Wildman–Crippen MR) is 141 cm³/mol. The number of amides is 4. The van der Waals surface area contributed by atoms with Gasteiger partial charge < -0.3 is 15.4 Å². The highest BCUT2D eigenvalue weighted by atomic mass is 16.5. The van der Waals surface area contributed by atoms with Crippen LogP contribution in [0.4, 0.5) is 10.5 Å². The number of benzene rings is 2. The fraction of sp³-hybridized carbons (Fsp3) is 0.222. The lowest BCUT2D eigenvalue weighted by Crippen LogP contribution is -2.50. The van der Waals surface area contributed by atoms with Gasteiger partial charge in [-0.1, -0.05) is 29.8 Å². The molecule has 3 N–H and O–H groups in total. The van der Waals surface area contributed by atoms with Crippen LogP contribution in [0.3, 0.4) is 0 Å². The van der Waals surface area contributed by atoms with Gasteiger partial charge in [0.15, 0.2) is 0 Å². The zero-order valence-electron chi connectivity index (χ0n) is 21.2. The van der Waals surface area contributed by atoms with Crippen LogP contribution in [0.1, 0.15) is 35.5 Å². The average molecular weight is 503 g/mol. The van der Waals surface area contributed by atoms with E-state index >= 15 is 0 Å². The van der Waals surface area contributed by atoms with E-state index in [0.29, 0.717) is 23.7 Å². The highest BCUT2D eigenvalue weighted by Crippen LogP contribution is 2.24. The first-order chi connectivity index (χ1) is 17.8. The van der Waals surface area contributed by atoms with E-state index in [4.69, 9.17) is 4.74 Å². The van der Waals surface area contributed by atoms with Gasteiger partial charge in [-0.05, 0) is 49.7 Å². The summed E-state index contributed by atoms with van der Waals surface area (Å²) in [6.45, 7) is 5.78. The second kappa shape index (κ2) is 12.8. The summed E-state index contributed by atoms with van der Waals surface area (Å²) in [4.78, 5) is 46.6. The van der Waals surface area contributed by atoms with E-state index in [9.17, 15) is 14.4 Å². The van der Waals surface area contributed by atoms with Gasteiger partial charge in [-0.3, -0.25) is 24.8 Å². The number of carbonyl (C=O) groups excluding carboxylic acids is 3. The van der Waals surface area contributed by atoms with Gasteiger partial charge >= 0.3 is 6.03 Å². The molecule has 2 aromatic carbocycles. The molecule has 0 spiro atoms. The highest BCUT2D eigenvalue weighted by molar-refractivity contribution is 6.04. The van der Waals surface area contributed by atoms with E-state index in [1.54, 1.807) is 30.3 Å². The summed E-state index contributed by atoms with van der Waals surface area (Å²) in [6, 6.07) is 17.3. The Morgan fingerprint density at radius 2 is 1.70 bits per heavy atom. The van der Waals surface area contributed by atoms with Gasteiger partial charge in [-0.25, -0.2) is 9.79 Å². The SMILES string of the molecule is CCNC(=O)N(Cc1ccc(C)cc1)/C(=N/c1ccc(Oc2ccnc(C(=O)NC)c2)cc1)NC(C)=O. The summed E-state index contributed by atoms with van der Waals surface area (Å²) >= 11 is 0. The van der Waals surface area contributed by atoms with Crippen LogP contribution in [0.5, 0.6) is 11.5 Å². The molecule has 1 aromatic heterocycles. The van der Waals surface area contributed by atoms with Gasteiger partial charge in [-0.15, -0.1) is 0 Å². The number of urea groups is 1. The second-order valence-electron chi connectivity index (χ2n) is 8.08. The molecule has 0 saturated heterocycles. The zero-order chi connectivity index (χ0) is 26.8. The minimum absolute atomic E-state index is 0.0945. The van der Waals surface area contributed by atoms with Crippen LogP contribution < -0.4 is 20.7 Å². The van der Waals surface area contributed by atoms with Crippen LogP contribution >= 0.6 is 0 Å². The Bertz CT molecular complexity index is 1270. The molecule has 37 heavy (non-hydrogen) atoms. The number of rotatable bonds is 7. The van der Waals surface area contributed by atoms with Crippen molar-refractivity contribution < 1.29 is 19.1 Å². The Morgan fingerprint density at radius 1 is 1.00 bits per heavy atom. The molecule has 0 saturated carbocycles. The molecule has 0 radical (unpaired) electrons. The quantitative estimate of drug-likeness (QED) is 0.334. The van der Waals surface area contributed by atoms with E-state index in [-0.39, 0.29) is 36.0 Å². The molecule has 3 aromatic rings. The maximum absolute atomic E-state index is 12.9. The van der Waals surface area contributed by atoms with Gasteiger partial charge in [0.1, 0.15) is 17.2 Å². The Hall–Kier alpha value is -4.73. The van der Waals surface area contributed by atoms with Crippen LogP contribution in [0, 0.1) is 6.92 Å². The number of aryl methyl sites for hydroxylation is 1. The van der Waals surface area contributed by atoms with Crippen molar-refractivity contribution in [3.63, 3.8) is 0 Å². The molecule has 4 amide bonds. The first-order valence-corrected chi connectivity index (χ1v) is 11.7. The molecule has 0 aliphatic rings. The van der Waals surface area contributed by atoms with Crippen LogP contribution in [0.15, 0.2) is 71.9 Å². The average Bonchev–Trinajstić information content (AvgIpc) is 2.88. The molecule has 0 atom stereocenters. The monoisotopic (exact) mass is 502 g/mol. The van der Waals surface area contributed by atoms with E-state index in [2.05, 4.69) is 25.9 Å². The lowest BCUT2D eigenvalue weighted by Gasteiger charge is -2.24. The maximum Gasteiger partial charge on any atom is 0.324 e. The van der Waals surface area contributed by atoms with Gasteiger partial charge in [-0.2, -0.15) is 0 Å². The molecule has 10 nitrogen and oxygen atoms in total. The highest BCUT2D eigenvalue weighted by Gasteiger charge is 2.21. The first-order valence-electron chi connectivity index (χ1n) is 11.7. The molecule has 10 heteroatoms. The van der Waals surface area contributed by atoms with Crippen LogP contribution in [0.25, 0.3) is 0 Å². The number of hydrogen-bond donors (Lipinski definition) is 3. The minimum Gasteiger partial charge on any atom is -0.457 e. The number of hydrogen-bond acceptors (Lipinski definition) is 6. The number of aromatic nitrogens is 1. The Morgan fingerprint density at radius 3 is 2.32 bits per heavy atom. The van der Waals surface area contributed by atoms with Gasteiger partial charge in [0.05, 0.1) is 12.2 Å². The van der Waals surface area contributed by atoms with E-state index < -0.39 is 0 Å². The number of nitrogens with one attached hydrogen (secondary N) is 3. The van der Waals surface area contributed by atoms with Gasteiger partial charge in [0, 0.05) is 32.8 Å². The molecule has 0 aliphatic carbocycles. The summed E-state index contributed by atoms with van der Waals surface area (Å²) in [5, 5.41) is 7.97. The topological polar surface area (TPSA) is 125 Å². The normalized spacial score (nSPS) is 10.9. The molecular formula is C27H30N6O4. The van der Waals surface area contributed by atoms with Crippen molar-refractivity contribution in [3.8, 4) is 11.5 Å². The lowest BCUT2D eigenvalue weighted by atomic mass is 10.1. The smallest absolute Gasteiger partial charge is 0.324 e. The summed E-state index contributed by atoms with van der Waals surface area (Å²) in [7, 11) is 1.53. The Labute approximate surface area is 215 Å². The third kappa shape index (κ3) is 7.89. The molecular weight excluding hydrogens is 472 g/mol. The van der Waals surface area contributed by atoms with Gasteiger partial charge in [0.25, 0.3) is 5.91 Å². The van der Waals surface area contributed by atoms with Crippen molar-refractivity contribution in [1.82, 2.24) is 25.8 Å². The number of aliphatic imine (C=N–C) groups is 1. The fourth-order valence-corrected chi connectivity index (χ4v) is 3.25. The van der Waals surface area contributed by atoms with Crippen molar-refractivity contribution in [2.24, 2.45) is 4.99 Å².